The molecule has 2 heterocycles. The van der Waals surface area contributed by atoms with Crippen LogP contribution in [0, 0.1) is 0 Å². The van der Waals surface area contributed by atoms with Crippen molar-refractivity contribution in [3.8, 4) is 5.69 Å². The average Bonchev–Trinajstić information content (AvgIpc) is 3.17. The normalized spacial score (nSPS) is 17.6. The molecule has 0 radical (unpaired) electrons. The largest absolute Gasteiger partial charge is 0.481 e. The number of nitrogens with zero attached hydrogens (tertiary/aromatic N) is 4. The summed E-state index contributed by atoms with van der Waals surface area (Å²) in [5, 5.41) is 16.6. The van der Waals surface area contributed by atoms with Gasteiger partial charge in [0, 0.05) is 18.2 Å². The molecule has 1 saturated heterocycles. The van der Waals surface area contributed by atoms with Crippen molar-refractivity contribution in [1.82, 2.24) is 19.9 Å². The fourth-order valence-corrected chi connectivity index (χ4v) is 2.81. The molecule has 1 unspecified atom stereocenters. The number of carboxylic acid groups (broad SMARTS) is 1. The number of amides is 1. The van der Waals surface area contributed by atoms with Crippen LogP contribution < -0.4 is 0 Å². The standard InChI is InChI=1S/C15H16N4O3/c20-14(21)10-12-5-2-7-18(12)15(22)11-3-1-4-13(9-11)19-8-6-16-17-19/h1,3-4,6,8-9,12H,2,5,7,10H2,(H,20,21). The van der Waals surface area contributed by atoms with Gasteiger partial charge in [0.2, 0.25) is 0 Å². The number of hydrogen-bond acceptors (Lipinski definition) is 4. The Hall–Kier alpha value is -2.70. The molecule has 114 valence electrons. The predicted octanol–water partition coefficient (Wildman–Crippen LogP) is 1.35. The summed E-state index contributed by atoms with van der Waals surface area (Å²) in [6.45, 7) is 0.602. The van der Waals surface area contributed by atoms with Gasteiger partial charge in [0.1, 0.15) is 0 Å². The summed E-state index contributed by atoms with van der Waals surface area (Å²) in [7, 11) is 0. The van der Waals surface area contributed by atoms with Crippen LogP contribution in [0.25, 0.3) is 5.69 Å². The van der Waals surface area contributed by atoms with E-state index in [0.717, 1.165) is 18.5 Å². The number of benzene rings is 1. The summed E-state index contributed by atoms with van der Waals surface area (Å²) < 4.78 is 1.58. The molecular weight excluding hydrogens is 284 g/mol. The van der Waals surface area contributed by atoms with Crippen molar-refractivity contribution in [3.05, 3.63) is 42.2 Å². The lowest BCUT2D eigenvalue weighted by molar-refractivity contribution is -0.137. The van der Waals surface area contributed by atoms with Crippen LogP contribution in [0.4, 0.5) is 0 Å². The maximum Gasteiger partial charge on any atom is 0.305 e. The summed E-state index contributed by atoms with van der Waals surface area (Å²) in [5.74, 6) is -1.01. The summed E-state index contributed by atoms with van der Waals surface area (Å²) in [4.78, 5) is 25.2. The number of hydrogen-bond donors (Lipinski definition) is 1. The van der Waals surface area contributed by atoms with Gasteiger partial charge in [0.05, 0.1) is 24.5 Å². The van der Waals surface area contributed by atoms with Crippen LogP contribution >= 0.6 is 0 Å². The molecule has 7 nitrogen and oxygen atoms in total. The van der Waals surface area contributed by atoms with Crippen molar-refractivity contribution in [1.29, 1.82) is 0 Å². The molecule has 1 aromatic carbocycles. The van der Waals surface area contributed by atoms with Gasteiger partial charge in [-0.2, -0.15) is 0 Å². The number of carbonyl (C=O) groups is 2. The number of rotatable bonds is 4. The Labute approximate surface area is 127 Å². The van der Waals surface area contributed by atoms with Gasteiger partial charge < -0.3 is 10.0 Å². The molecule has 1 aromatic heterocycles. The van der Waals surface area contributed by atoms with Crippen LogP contribution in [0.5, 0.6) is 0 Å². The van der Waals surface area contributed by atoms with E-state index in [0.29, 0.717) is 12.1 Å². The smallest absolute Gasteiger partial charge is 0.305 e. The van der Waals surface area contributed by atoms with E-state index in [2.05, 4.69) is 10.3 Å². The van der Waals surface area contributed by atoms with Gasteiger partial charge in [-0.25, -0.2) is 4.68 Å². The third-order valence-corrected chi connectivity index (χ3v) is 3.83. The fraction of sp³-hybridized carbons (Fsp3) is 0.333. The Kier molecular flexibility index (Phi) is 3.86. The molecule has 0 saturated carbocycles. The van der Waals surface area contributed by atoms with E-state index in [1.807, 2.05) is 6.07 Å². The minimum Gasteiger partial charge on any atom is -0.481 e. The van der Waals surface area contributed by atoms with Crippen molar-refractivity contribution >= 4 is 11.9 Å². The first-order chi connectivity index (χ1) is 10.6. The van der Waals surface area contributed by atoms with E-state index in [1.165, 1.54) is 0 Å². The second-order valence-electron chi connectivity index (χ2n) is 5.29. The maximum atomic E-state index is 12.6. The monoisotopic (exact) mass is 300 g/mol. The Bertz CT molecular complexity index is 684. The van der Waals surface area contributed by atoms with Crippen LogP contribution in [-0.4, -0.2) is 49.5 Å². The first-order valence-electron chi connectivity index (χ1n) is 7.14. The molecule has 3 rings (SSSR count). The van der Waals surface area contributed by atoms with Gasteiger partial charge in [-0.3, -0.25) is 9.59 Å². The third-order valence-electron chi connectivity index (χ3n) is 3.83. The Morgan fingerprint density at radius 3 is 2.95 bits per heavy atom. The summed E-state index contributed by atoms with van der Waals surface area (Å²) in [6, 6.07) is 6.88. The molecule has 1 aliphatic heterocycles. The van der Waals surface area contributed by atoms with Crippen LogP contribution in [-0.2, 0) is 4.79 Å². The average molecular weight is 300 g/mol. The Morgan fingerprint density at radius 1 is 1.36 bits per heavy atom. The molecule has 1 aliphatic rings. The third kappa shape index (κ3) is 2.83. The Balaban J connectivity index is 1.83. The maximum absolute atomic E-state index is 12.6. The van der Waals surface area contributed by atoms with Gasteiger partial charge in [-0.15, -0.1) is 5.10 Å². The van der Waals surface area contributed by atoms with Crippen LogP contribution in [0.2, 0.25) is 0 Å². The second kappa shape index (κ2) is 5.97. The summed E-state index contributed by atoms with van der Waals surface area (Å²) >= 11 is 0. The molecule has 22 heavy (non-hydrogen) atoms. The van der Waals surface area contributed by atoms with E-state index in [4.69, 9.17) is 5.11 Å². The zero-order chi connectivity index (χ0) is 15.5. The van der Waals surface area contributed by atoms with Gasteiger partial charge in [0.15, 0.2) is 0 Å². The highest BCUT2D eigenvalue weighted by molar-refractivity contribution is 5.95. The molecule has 7 heteroatoms. The predicted molar refractivity (Wildman–Crippen MR) is 77.7 cm³/mol. The van der Waals surface area contributed by atoms with Crippen molar-refractivity contribution in [2.45, 2.75) is 25.3 Å². The van der Waals surface area contributed by atoms with E-state index < -0.39 is 5.97 Å². The van der Waals surface area contributed by atoms with Gasteiger partial charge >= 0.3 is 5.97 Å². The lowest BCUT2D eigenvalue weighted by atomic mass is 10.1. The van der Waals surface area contributed by atoms with Crippen molar-refractivity contribution < 1.29 is 14.7 Å². The number of likely N-dealkylation sites (tertiary alicyclic amines) is 1. The number of carbonyl (C=O) groups excluding carboxylic acids is 1. The molecule has 2 aromatic rings. The fourth-order valence-electron chi connectivity index (χ4n) is 2.81. The molecule has 0 spiro atoms. The highest BCUT2D eigenvalue weighted by atomic mass is 16.4. The second-order valence-corrected chi connectivity index (χ2v) is 5.29. The number of carboxylic acids is 1. The van der Waals surface area contributed by atoms with E-state index >= 15 is 0 Å². The zero-order valence-corrected chi connectivity index (χ0v) is 11.9. The van der Waals surface area contributed by atoms with Crippen molar-refractivity contribution in [2.75, 3.05) is 6.54 Å². The SMILES string of the molecule is O=C(O)CC1CCCN1C(=O)c1cccc(-n2ccnn2)c1. The minimum atomic E-state index is -0.874. The molecule has 1 amide bonds. The number of aliphatic carboxylic acids is 1. The molecule has 0 aliphatic carbocycles. The minimum absolute atomic E-state index is 0.00545. The lowest BCUT2D eigenvalue weighted by Crippen LogP contribution is -2.36. The quantitative estimate of drug-likeness (QED) is 0.920. The topological polar surface area (TPSA) is 88.3 Å². The van der Waals surface area contributed by atoms with Crippen LogP contribution in [0.15, 0.2) is 36.7 Å². The van der Waals surface area contributed by atoms with E-state index in [1.54, 1.807) is 40.2 Å². The van der Waals surface area contributed by atoms with E-state index in [9.17, 15) is 9.59 Å². The zero-order valence-electron chi connectivity index (χ0n) is 11.9. The van der Waals surface area contributed by atoms with Crippen LogP contribution in [0.3, 0.4) is 0 Å². The molecule has 1 N–H and O–H groups in total. The molecule has 1 fully saturated rings. The van der Waals surface area contributed by atoms with E-state index in [-0.39, 0.29) is 18.4 Å². The molecule has 0 bridgehead atoms. The molecular formula is C15H16N4O3. The van der Waals surface area contributed by atoms with Crippen molar-refractivity contribution in [3.63, 3.8) is 0 Å². The first-order valence-corrected chi connectivity index (χ1v) is 7.14. The van der Waals surface area contributed by atoms with Crippen molar-refractivity contribution in [2.24, 2.45) is 0 Å². The van der Waals surface area contributed by atoms with Gasteiger partial charge in [-0.05, 0) is 31.0 Å². The molecule has 1 atom stereocenters. The number of aromatic nitrogens is 3. The van der Waals surface area contributed by atoms with Crippen LogP contribution in [0.1, 0.15) is 29.6 Å². The van der Waals surface area contributed by atoms with Gasteiger partial charge in [0.25, 0.3) is 5.91 Å². The summed E-state index contributed by atoms with van der Waals surface area (Å²) in [6.07, 6.45) is 4.84. The first kappa shape index (κ1) is 14.2. The highest BCUT2D eigenvalue weighted by Gasteiger charge is 2.31. The summed E-state index contributed by atoms with van der Waals surface area (Å²) in [5.41, 5.74) is 1.28. The van der Waals surface area contributed by atoms with Gasteiger partial charge in [-0.1, -0.05) is 11.3 Å². The highest BCUT2D eigenvalue weighted by Crippen LogP contribution is 2.23. The Morgan fingerprint density at radius 2 is 2.23 bits per heavy atom. The lowest BCUT2D eigenvalue weighted by Gasteiger charge is -2.23.